The van der Waals surface area contributed by atoms with Gasteiger partial charge in [-0.25, -0.2) is 4.98 Å². The lowest BCUT2D eigenvalue weighted by atomic mass is 9.98. The van der Waals surface area contributed by atoms with Gasteiger partial charge < -0.3 is 14.6 Å². The van der Waals surface area contributed by atoms with Gasteiger partial charge in [-0.1, -0.05) is 26.7 Å². The van der Waals surface area contributed by atoms with Crippen molar-refractivity contribution in [1.29, 1.82) is 0 Å². The number of imidazole rings is 1. The minimum absolute atomic E-state index is 0.237. The maximum atomic E-state index is 6.41. The molecule has 1 saturated heterocycles. The summed E-state index contributed by atoms with van der Waals surface area (Å²) in [5.74, 6) is 1.81. The third-order valence-electron chi connectivity index (χ3n) is 4.89. The van der Waals surface area contributed by atoms with E-state index in [1.54, 1.807) is 0 Å². The highest BCUT2D eigenvalue weighted by Crippen LogP contribution is 2.43. The quantitative estimate of drug-likeness (QED) is 0.875. The maximum absolute atomic E-state index is 6.41. The Hall–Kier alpha value is -0.870. The molecule has 1 aromatic rings. The van der Waals surface area contributed by atoms with Gasteiger partial charge in [-0.15, -0.1) is 0 Å². The van der Waals surface area contributed by atoms with Gasteiger partial charge in [0.05, 0.1) is 24.8 Å². The normalized spacial score (nSPS) is 24.4. The Labute approximate surface area is 128 Å². The van der Waals surface area contributed by atoms with Crippen LogP contribution in [0.15, 0.2) is 12.4 Å². The molecule has 0 aromatic carbocycles. The number of nitrogens with one attached hydrogen (secondary N) is 1. The van der Waals surface area contributed by atoms with E-state index in [4.69, 9.17) is 4.74 Å². The van der Waals surface area contributed by atoms with E-state index in [0.29, 0.717) is 12.0 Å². The zero-order chi connectivity index (χ0) is 14.7. The molecule has 1 aliphatic carbocycles. The standard InChI is InChI=1S/C17H29N3O/c1-14(2)11-18-12-16-19-9-10-20(16)13-15-5-8-17(21-15)6-3-4-7-17/h9-10,14-15,18H,3-8,11-13H2,1-2H3. The molecular weight excluding hydrogens is 262 g/mol. The van der Waals surface area contributed by atoms with Gasteiger partial charge in [0.25, 0.3) is 0 Å². The second kappa shape index (κ2) is 6.49. The molecule has 21 heavy (non-hydrogen) atoms. The Kier molecular flexibility index (Phi) is 4.65. The molecule has 1 aromatic heterocycles. The molecular formula is C17H29N3O. The molecule has 1 unspecified atom stereocenters. The van der Waals surface area contributed by atoms with Crippen LogP contribution in [-0.2, 0) is 17.8 Å². The first kappa shape index (κ1) is 15.0. The molecule has 1 saturated carbocycles. The Bertz CT molecular complexity index is 449. The van der Waals surface area contributed by atoms with Crippen molar-refractivity contribution >= 4 is 0 Å². The van der Waals surface area contributed by atoms with Gasteiger partial charge >= 0.3 is 0 Å². The maximum Gasteiger partial charge on any atom is 0.122 e. The smallest absolute Gasteiger partial charge is 0.122 e. The molecule has 2 fully saturated rings. The average molecular weight is 291 g/mol. The van der Waals surface area contributed by atoms with Crippen molar-refractivity contribution in [3.8, 4) is 0 Å². The van der Waals surface area contributed by atoms with E-state index >= 15 is 0 Å². The van der Waals surface area contributed by atoms with Crippen molar-refractivity contribution in [1.82, 2.24) is 14.9 Å². The number of aromatic nitrogens is 2. The van der Waals surface area contributed by atoms with Gasteiger partial charge in [0.2, 0.25) is 0 Å². The highest BCUT2D eigenvalue weighted by Gasteiger charge is 2.42. The van der Waals surface area contributed by atoms with Crippen molar-refractivity contribution < 1.29 is 4.74 Å². The van der Waals surface area contributed by atoms with Crippen LogP contribution in [0.5, 0.6) is 0 Å². The molecule has 1 atom stereocenters. The van der Waals surface area contributed by atoms with Crippen LogP contribution in [0.3, 0.4) is 0 Å². The largest absolute Gasteiger partial charge is 0.370 e. The fraction of sp³-hybridized carbons (Fsp3) is 0.824. The van der Waals surface area contributed by atoms with E-state index in [9.17, 15) is 0 Å². The molecule has 118 valence electrons. The molecule has 2 aliphatic rings. The lowest BCUT2D eigenvalue weighted by Gasteiger charge is -2.24. The molecule has 0 amide bonds. The van der Waals surface area contributed by atoms with Gasteiger partial charge in [0, 0.05) is 12.4 Å². The molecule has 1 N–H and O–H groups in total. The number of nitrogens with zero attached hydrogens (tertiary/aromatic N) is 2. The van der Waals surface area contributed by atoms with Crippen molar-refractivity contribution in [3.05, 3.63) is 18.2 Å². The van der Waals surface area contributed by atoms with Gasteiger partial charge in [0.15, 0.2) is 0 Å². The Morgan fingerprint density at radius 2 is 2.19 bits per heavy atom. The van der Waals surface area contributed by atoms with E-state index in [-0.39, 0.29) is 5.60 Å². The fourth-order valence-corrected chi connectivity index (χ4v) is 3.78. The minimum atomic E-state index is 0.237. The topological polar surface area (TPSA) is 39.1 Å². The van der Waals surface area contributed by atoms with E-state index in [0.717, 1.165) is 25.5 Å². The van der Waals surface area contributed by atoms with Crippen LogP contribution >= 0.6 is 0 Å². The van der Waals surface area contributed by atoms with Crippen LogP contribution in [0.1, 0.15) is 58.2 Å². The van der Waals surface area contributed by atoms with Gasteiger partial charge in [0.1, 0.15) is 5.82 Å². The van der Waals surface area contributed by atoms with Crippen LogP contribution in [0.2, 0.25) is 0 Å². The van der Waals surface area contributed by atoms with E-state index in [1.165, 1.54) is 38.5 Å². The monoisotopic (exact) mass is 291 g/mol. The number of ether oxygens (including phenoxy) is 1. The summed E-state index contributed by atoms with van der Waals surface area (Å²) in [7, 11) is 0. The van der Waals surface area contributed by atoms with E-state index in [1.807, 2.05) is 6.20 Å². The van der Waals surface area contributed by atoms with Crippen LogP contribution in [0, 0.1) is 5.92 Å². The molecule has 0 bridgehead atoms. The zero-order valence-corrected chi connectivity index (χ0v) is 13.5. The highest BCUT2D eigenvalue weighted by atomic mass is 16.5. The third-order valence-corrected chi connectivity index (χ3v) is 4.89. The van der Waals surface area contributed by atoms with Gasteiger partial charge in [-0.2, -0.15) is 0 Å². The van der Waals surface area contributed by atoms with Crippen molar-refractivity contribution in [2.75, 3.05) is 6.54 Å². The zero-order valence-electron chi connectivity index (χ0n) is 13.5. The molecule has 1 spiro atoms. The predicted molar refractivity (Wildman–Crippen MR) is 84.1 cm³/mol. The molecule has 3 rings (SSSR count). The molecule has 4 heteroatoms. The van der Waals surface area contributed by atoms with Crippen LogP contribution in [0.25, 0.3) is 0 Å². The summed E-state index contributed by atoms with van der Waals surface area (Å²) in [6.07, 6.45) is 12.1. The first-order valence-electron chi connectivity index (χ1n) is 8.55. The molecule has 0 radical (unpaired) electrons. The average Bonchev–Trinajstić information content (AvgIpc) is 3.15. The highest BCUT2D eigenvalue weighted by molar-refractivity contribution is 4.96. The van der Waals surface area contributed by atoms with Crippen molar-refractivity contribution in [2.45, 2.75) is 77.2 Å². The summed E-state index contributed by atoms with van der Waals surface area (Å²) in [5.41, 5.74) is 0.237. The summed E-state index contributed by atoms with van der Waals surface area (Å²) >= 11 is 0. The van der Waals surface area contributed by atoms with E-state index in [2.05, 4.69) is 34.9 Å². The summed E-state index contributed by atoms with van der Waals surface area (Å²) < 4.78 is 8.68. The molecule has 2 heterocycles. The molecule has 1 aliphatic heterocycles. The van der Waals surface area contributed by atoms with Gasteiger partial charge in [-0.05, 0) is 38.1 Å². The van der Waals surface area contributed by atoms with Crippen LogP contribution in [-0.4, -0.2) is 27.8 Å². The SMILES string of the molecule is CC(C)CNCc1nccn1CC1CCC2(CCCC2)O1. The van der Waals surface area contributed by atoms with Crippen LogP contribution in [0.4, 0.5) is 0 Å². The van der Waals surface area contributed by atoms with Crippen molar-refractivity contribution in [2.24, 2.45) is 5.92 Å². The summed E-state index contributed by atoms with van der Waals surface area (Å²) in [6, 6.07) is 0. The number of hydrogen-bond donors (Lipinski definition) is 1. The summed E-state index contributed by atoms with van der Waals surface area (Å²) in [5, 5.41) is 3.48. The predicted octanol–water partition coefficient (Wildman–Crippen LogP) is 3.12. The fourth-order valence-electron chi connectivity index (χ4n) is 3.78. The lowest BCUT2D eigenvalue weighted by Crippen LogP contribution is -2.27. The van der Waals surface area contributed by atoms with Gasteiger partial charge in [-0.3, -0.25) is 0 Å². The van der Waals surface area contributed by atoms with E-state index < -0.39 is 0 Å². The number of rotatable bonds is 6. The Balaban J connectivity index is 1.52. The summed E-state index contributed by atoms with van der Waals surface area (Å²) in [6.45, 7) is 7.30. The van der Waals surface area contributed by atoms with Crippen LogP contribution < -0.4 is 5.32 Å². The second-order valence-corrected chi connectivity index (χ2v) is 7.19. The first-order valence-corrected chi connectivity index (χ1v) is 8.55. The summed E-state index contributed by atoms with van der Waals surface area (Å²) in [4.78, 5) is 4.49. The second-order valence-electron chi connectivity index (χ2n) is 7.19. The number of hydrogen-bond acceptors (Lipinski definition) is 3. The molecule has 4 nitrogen and oxygen atoms in total. The minimum Gasteiger partial charge on any atom is -0.370 e. The Morgan fingerprint density at radius 3 is 2.95 bits per heavy atom. The third kappa shape index (κ3) is 3.67. The lowest BCUT2D eigenvalue weighted by molar-refractivity contribution is -0.0420. The first-order chi connectivity index (χ1) is 10.2. The van der Waals surface area contributed by atoms with Crippen molar-refractivity contribution in [3.63, 3.8) is 0 Å². The Morgan fingerprint density at radius 1 is 1.38 bits per heavy atom.